The molecule has 0 saturated heterocycles. The molecule has 1 N–H and O–H groups in total. The Kier molecular flexibility index (Phi) is 10.4. The molecular formula is C23H37NO. The van der Waals surface area contributed by atoms with Crippen molar-refractivity contribution < 1.29 is 4.79 Å². The number of hydrogen-bond donors (Lipinski definition) is 1. The van der Waals surface area contributed by atoms with Crippen LogP contribution < -0.4 is 5.32 Å². The third-order valence-electron chi connectivity index (χ3n) is 5.48. The van der Waals surface area contributed by atoms with Crippen LogP contribution in [-0.4, -0.2) is 11.9 Å². The van der Waals surface area contributed by atoms with Crippen molar-refractivity contribution in [3.63, 3.8) is 0 Å². The van der Waals surface area contributed by atoms with Crippen molar-refractivity contribution in [2.75, 3.05) is 0 Å². The Labute approximate surface area is 154 Å². The van der Waals surface area contributed by atoms with Gasteiger partial charge in [0.05, 0.1) is 0 Å². The van der Waals surface area contributed by atoms with Gasteiger partial charge in [0.15, 0.2) is 0 Å². The molecular weight excluding hydrogens is 306 g/mol. The Bertz CT molecular complexity index is 440. The molecule has 1 fully saturated rings. The lowest BCUT2D eigenvalue weighted by atomic mass is 9.98. The molecule has 140 valence electrons. The summed E-state index contributed by atoms with van der Waals surface area (Å²) in [7, 11) is 0. The summed E-state index contributed by atoms with van der Waals surface area (Å²) in [5.74, 6) is 0.0972. The topological polar surface area (TPSA) is 29.1 Å². The second-order valence-electron chi connectivity index (χ2n) is 7.71. The van der Waals surface area contributed by atoms with Crippen LogP contribution in [-0.2, 0) is 0 Å². The van der Waals surface area contributed by atoms with E-state index in [0.29, 0.717) is 6.04 Å². The van der Waals surface area contributed by atoms with E-state index in [-0.39, 0.29) is 5.91 Å². The van der Waals surface area contributed by atoms with E-state index in [4.69, 9.17) is 0 Å². The maximum Gasteiger partial charge on any atom is 0.251 e. The third kappa shape index (κ3) is 9.09. The Morgan fingerprint density at radius 2 is 1.04 bits per heavy atom. The van der Waals surface area contributed by atoms with Gasteiger partial charge in [-0.25, -0.2) is 0 Å². The van der Waals surface area contributed by atoms with Gasteiger partial charge < -0.3 is 5.32 Å². The van der Waals surface area contributed by atoms with E-state index in [0.717, 1.165) is 18.4 Å². The smallest absolute Gasteiger partial charge is 0.251 e. The van der Waals surface area contributed by atoms with Crippen LogP contribution in [0.5, 0.6) is 0 Å². The van der Waals surface area contributed by atoms with Crippen LogP contribution in [0.2, 0.25) is 0 Å². The molecule has 0 spiro atoms. The molecule has 2 rings (SSSR count). The molecule has 1 amide bonds. The monoisotopic (exact) mass is 343 g/mol. The lowest BCUT2D eigenvalue weighted by molar-refractivity contribution is 0.0931. The highest BCUT2D eigenvalue weighted by atomic mass is 16.1. The number of hydrogen-bond acceptors (Lipinski definition) is 1. The van der Waals surface area contributed by atoms with Crippen LogP contribution in [0.25, 0.3) is 0 Å². The predicted octanol–water partition coefficient (Wildman–Crippen LogP) is 6.65. The molecule has 0 unspecified atom stereocenters. The van der Waals surface area contributed by atoms with Crippen molar-refractivity contribution in [1.82, 2.24) is 5.32 Å². The molecule has 2 heteroatoms. The van der Waals surface area contributed by atoms with Gasteiger partial charge in [-0.1, -0.05) is 102 Å². The summed E-state index contributed by atoms with van der Waals surface area (Å²) in [6, 6.07) is 10.0. The van der Waals surface area contributed by atoms with Gasteiger partial charge in [0, 0.05) is 11.6 Å². The fourth-order valence-electron chi connectivity index (χ4n) is 3.87. The van der Waals surface area contributed by atoms with E-state index in [9.17, 15) is 4.79 Å². The first-order chi connectivity index (χ1) is 12.4. The van der Waals surface area contributed by atoms with Crippen molar-refractivity contribution in [1.29, 1.82) is 0 Å². The second kappa shape index (κ2) is 13.0. The SMILES string of the molecule is O=C(NC1CCCCCCCCCCCCCCC1)c1ccccc1. The number of carbonyl (C=O) groups excluding carboxylic acids is 1. The Balaban J connectivity index is 1.79. The zero-order valence-electron chi connectivity index (χ0n) is 16.0. The summed E-state index contributed by atoms with van der Waals surface area (Å²) in [6.07, 6.45) is 20.0. The number of amides is 1. The fourth-order valence-corrected chi connectivity index (χ4v) is 3.87. The molecule has 0 aliphatic heterocycles. The first kappa shape index (κ1) is 20.0. The van der Waals surface area contributed by atoms with Gasteiger partial charge in [0.2, 0.25) is 0 Å². The number of nitrogens with one attached hydrogen (secondary N) is 1. The van der Waals surface area contributed by atoms with E-state index in [2.05, 4.69) is 5.32 Å². The van der Waals surface area contributed by atoms with E-state index < -0.39 is 0 Å². The van der Waals surface area contributed by atoms with Crippen molar-refractivity contribution in [3.8, 4) is 0 Å². The Morgan fingerprint density at radius 1 is 0.640 bits per heavy atom. The molecule has 2 nitrogen and oxygen atoms in total. The molecule has 1 aliphatic rings. The second-order valence-corrected chi connectivity index (χ2v) is 7.71. The lowest BCUT2D eigenvalue weighted by Gasteiger charge is -2.19. The van der Waals surface area contributed by atoms with Crippen LogP contribution in [0.4, 0.5) is 0 Å². The van der Waals surface area contributed by atoms with Gasteiger partial charge in [0.25, 0.3) is 5.91 Å². The fraction of sp³-hybridized carbons (Fsp3) is 0.696. The average molecular weight is 344 g/mol. The summed E-state index contributed by atoms with van der Waals surface area (Å²) in [5, 5.41) is 3.30. The van der Waals surface area contributed by atoms with Crippen molar-refractivity contribution in [2.45, 2.75) is 102 Å². The van der Waals surface area contributed by atoms with Gasteiger partial charge in [0.1, 0.15) is 0 Å². The number of carbonyl (C=O) groups is 1. The summed E-state index contributed by atoms with van der Waals surface area (Å²) in [6.45, 7) is 0. The Hall–Kier alpha value is -1.31. The number of rotatable bonds is 2. The highest BCUT2D eigenvalue weighted by Gasteiger charge is 2.13. The zero-order chi connectivity index (χ0) is 17.6. The van der Waals surface area contributed by atoms with Crippen LogP contribution >= 0.6 is 0 Å². The van der Waals surface area contributed by atoms with Gasteiger partial charge in [-0.15, -0.1) is 0 Å². The normalized spacial score (nSPS) is 20.0. The van der Waals surface area contributed by atoms with Crippen molar-refractivity contribution in [3.05, 3.63) is 35.9 Å². The van der Waals surface area contributed by atoms with E-state index in [1.165, 1.54) is 83.5 Å². The minimum atomic E-state index is 0.0972. The van der Waals surface area contributed by atoms with Gasteiger partial charge in [-0.3, -0.25) is 4.79 Å². The molecule has 0 bridgehead atoms. The van der Waals surface area contributed by atoms with Crippen LogP contribution in [0.3, 0.4) is 0 Å². The molecule has 1 aliphatic carbocycles. The molecule has 0 heterocycles. The highest BCUT2D eigenvalue weighted by Crippen LogP contribution is 2.17. The highest BCUT2D eigenvalue weighted by molar-refractivity contribution is 5.94. The summed E-state index contributed by atoms with van der Waals surface area (Å²) < 4.78 is 0. The molecule has 0 radical (unpaired) electrons. The molecule has 0 aromatic heterocycles. The summed E-state index contributed by atoms with van der Waals surface area (Å²) in [4.78, 5) is 12.5. The van der Waals surface area contributed by atoms with Gasteiger partial charge in [-0.05, 0) is 25.0 Å². The van der Waals surface area contributed by atoms with Crippen molar-refractivity contribution in [2.24, 2.45) is 0 Å². The summed E-state index contributed by atoms with van der Waals surface area (Å²) in [5.41, 5.74) is 0.787. The molecule has 0 atom stereocenters. The van der Waals surface area contributed by atoms with Crippen LogP contribution in [0.1, 0.15) is 107 Å². The molecule has 25 heavy (non-hydrogen) atoms. The quantitative estimate of drug-likeness (QED) is 0.640. The maximum absolute atomic E-state index is 12.5. The Morgan fingerprint density at radius 3 is 1.48 bits per heavy atom. The molecule has 1 aromatic rings. The maximum atomic E-state index is 12.5. The lowest BCUT2D eigenvalue weighted by Crippen LogP contribution is -2.34. The minimum absolute atomic E-state index is 0.0972. The average Bonchev–Trinajstić information content (AvgIpc) is 2.64. The first-order valence-electron chi connectivity index (χ1n) is 10.7. The van der Waals surface area contributed by atoms with E-state index in [1.807, 2.05) is 30.3 Å². The van der Waals surface area contributed by atoms with E-state index in [1.54, 1.807) is 0 Å². The largest absolute Gasteiger partial charge is 0.349 e. The molecule has 1 saturated carbocycles. The van der Waals surface area contributed by atoms with Crippen molar-refractivity contribution >= 4 is 5.91 Å². The molecule has 1 aromatic carbocycles. The van der Waals surface area contributed by atoms with Crippen LogP contribution in [0.15, 0.2) is 30.3 Å². The van der Waals surface area contributed by atoms with E-state index >= 15 is 0 Å². The number of benzene rings is 1. The van der Waals surface area contributed by atoms with Crippen LogP contribution in [0, 0.1) is 0 Å². The zero-order valence-corrected chi connectivity index (χ0v) is 16.0. The standard InChI is InChI=1S/C23H37NO/c25-23(21-17-13-12-14-18-21)24-22-19-15-10-8-6-4-2-1-3-5-7-9-11-16-20-22/h12-14,17-18,22H,1-11,15-16,19-20H2,(H,24,25). The third-order valence-corrected chi connectivity index (χ3v) is 5.48. The predicted molar refractivity (Wildman–Crippen MR) is 107 cm³/mol. The van der Waals surface area contributed by atoms with Gasteiger partial charge >= 0.3 is 0 Å². The van der Waals surface area contributed by atoms with Gasteiger partial charge in [-0.2, -0.15) is 0 Å². The minimum Gasteiger partial charge on any atom is -0.349 e. The summed E-state index contributed by atoms with van der Waals surface area (Å²) >= 11 is 0. The first-order valence-corrected chi connectivity index (χ1v) is 10.7.